The molecule has 0 aliphatic rings. The van der Waals surface area contributed by atoms with Crippen LogP contribution >= 0.6 is 0 Å². The van der Waals surface area contributed by atoms with Crippen LogP contribution < -0.4 is 16.0 Å². The minimum Gasteiger partial charge on any atom is -0.496 e. The molecule has 0 bridgehead atoms. The first-order valence-corrected chi connectivity index (χ1v) is 7.30. The molecule has 0 spiro atoms. The lowest BCUT2D eigenvalue weighted by atomic mass is 10.0. The van der Waals surface area contributed by atoms with Crippen molar-refractivity contribution in [2.75, 3.05) is 19.1 Å². The first-order chi connectivity index (χ1) is 7.98. The predicted octanol–water partition coefficient (Wildman–Crippen LogP) is 0.634. The van der Waals surface area contributed by atoms with Crippen molar-refractivity contribution in [3.63, 3.8) is 0 Å². The monoisotopic (exact) mass is 258 g/mol. The highest BCUT2D eigenvalue weighted by Crippen LogP contribution is 2.26. The first kappa shape index (κ1) is 14.0. The number of nitrogens with two attached hydrogens (primary N) is 1. The molecular weight excluding hydrogens is 240 g/mol. The van der Waals surface area contributed by atoms with E-state index >= 15 is 0 Å². The molecule has 0 aliphatic heterocycles. The van der Waals surface area contributed by atoms with Crippen molar-refractivity contribution in [1.82, 2.24) is 5.43 Å². The van der Waals surface area contributed by atoms with Gasteiger partial charge < -0.3 is 4.74 Å². The van der Waals surface area contributed by atoms with Gasteiger partial charge in [0.2, 0.25) is 0 Å². The highest BCUT2D eigenvalue weighted by Gasteiger charge is 2.16. The van der Waals surface area contributed by atoms with Crippen LogP contribution in [0.5, 0.6) is 5.75 Å². The Morgan fingerprint density at radius 3 is 2.59 bits per heavy atom. The normalized spacial score (nSPS) is 13.4. The van der Waals surface area contributed by atoms with Crippen LogP contribution in [0.4, 0.5) is 0 Å². The van der Waals surface area contributed by atoms with E-state index in [4.69, 9.17) is 10.6 Å². The van der Waals surface area contributed by atoms with Gasteiger partial charge in [0.15, 0.2) is 0 Å². The Bertz CT molecular complexity index is 460. The van der Waals surface area contributed by atoms with Crippen molar-refractivity contribution in [1.29, 1.82) is 0 Å². The molecule has 1 rings (SSSR count). The van der Waals surface area contributed by atoms with E-state index < -0.39 is 9.84 Å². The van der Waals surface area contributed by atoms with Gasteiger partial charge in [0.25, 0.3) is 0 Å². The van der Waals surface area contributed by atoms with Crippen molar-refractivity contribution in [2.24, 2.45) is 5.84 Å². The fourth-order valence-electron chi connectivity index (χ4n) is 1.61. The topological polar surface area (TPSA) is 81.4 Å². The summed E-state index contributed by atoms with van der Waals surface area (Å²) in [6.45, 7) is 0. The zero-order valence-electron chi connectivity index (χ0n) is 10.0. The molecular formula is C11H18N2O3S. The van der Waals surface area contributed by atoms with Gasteiger partial charge in [0.1, 0.15) is 15.6 Å². The van der Waals surface area contributed by atoms with Crippen LogP contribution in [0.15, 0.2) is 24.3 Å². The zero-order chi connectivity index (χ0) is 12.9. The first-order valence-electron chi connectivity index (χ1n) is 5.24. The highest BCUT2D eigenvalue weighted by molar-refractivity contribution is 7.90. The Morgan fingerprint density at radius 1 is 1.41 bits per heavy atom. The van der Waals surface area contributed by atoms with Crippen molar-refractivity contribution >= 4 is 9.84 Å². The standard InChI is InChI=1S/C11H18N2O3S/c1-16-11-6-4-3-5-9(11)10(13-12)7-8-17(2,14)15/h3-6,10,13H,7-8,12H2,1-2H3. The van der Waals surface area contributed by atoms with E-state index in [0.717, 1.165) is 5.56 Å². The number of ether oxygens (including phenoxy) is 1. The van der Waals surface area contributed by atoms with Crippen LogP contribution in [0.1, 0.15) is 18.0 Å². The van der Waals surface area contributed by atoms with Crippen molar-refractivity contribution in [2.45, 2.75) is 12.5 Å². The second-order valence-corrected chi connectivity index (χ2v) is 6.14. The van der Waals surface area contributed by atoms with Crippen LogP contribution in [0.25, 0.3) is 0 Å². The largest absolute Gasteiger partial charge is 0.496 e. The number of para-hydroxylation sites is 1. The van der Waals surface area contributed by atoms with Gasteiger partial charge in [-0.2, -0.15) is 0 Å². The molecule has 0 saturated carbocycles. The Kier molecular flexibility index (Phi) is 4.92. The number of benzene rings is 1. The summed E-state index contributed by atoms with van der Waals surface area (Å²) in [5, 5.41) is 0. The highest BCUT2D eigenvalue weighted by atomic mass is 32.2. The van der Waals surface area contributed by atoms with E-state index in [1.165, 1.54) is 6.26 Å². The van der Waals surface area contributed by atoms with E-state index in [2.05, 4.69) is 5.43 Å². The van der Waals surface area contributed by atoms with E-state index in [1.54, 1.807) is 7.11 Å². The average Bonchev–Trinajstić information content (AvgIpc) is 2.29. The molecule has 0 radical (unpaired) electrons. The van der Waals surface area contributed by atoms with E-state index in [1.807, 2.05) is 24.3 Å². The molecule has 0 fully saturated rings. The number of hydrogen-bond donors (Lipinski definition) is 2. The van der Waals surface area contributed by atoms with E-state index in [-0.39, 0.29) is 11.8 Å². The second-order valence-electron chi connectivity index (χ2n) is 3.88. The lowest BCUT2D eigenvalue weighted by Gasteiger charge is -2.18. The van der Waals surface area contributed by atoms with Crippen molar-refractivity contribution in [3.05, 3.63) is 29.8 Å². The molecule has 1 aromatic rings. The SMILES string of the molecule is COc1ccccc1C(CCS(C)(=O)=O)NN. The Labute approximate surface area is 102 Å². The molecule has 96 valence electrons. The van der Waals surface area contributed by atoms with E-state index in [9.17, 15) is 8.42 Å². The molecule has 6 heteroatoms. The summed E-state index contributed by atoms with van der Waals surface area (Å²) in [5.41, 5.74) is 3.48. The van der Waals surface area contributed by atoms with Gasteiger partial charge in [-0.3, -0.25) is 11.3 Å². The number of sulfone groups is 1. The number of hydrazine groups is 1. The van der Waals surface area contributed by atoms with Crippen molar-refractivity contribution in [3.8, 4) is 5.75 Å². The van der Waals surface area contributed by atoms with Crippen molar-refractivity contribution < 1.29 is 13.2 Å². The molecule has 0 saturated heterocycles. The Balaban J connectivity index is 2.86. The maximum Gasteiger partial charge on any atom is 0.147 e. The maximum absolute atomic E-state index is 11.1. The fourth-order valence-corrected chi connectivity index (χ4v) is 2.28. The Hall–Kier alpha value is -1.11. The molecule has 3 N–H and O–H groups in total. The summed E-state index contributed by atoms with van der Waals surface area (Å²) >= 11 is 0. The lowest BCUT2D eigenvalue weighted by molar-refractivity contribution is 0.398. The summed E-state index contributed by atoms with van der Waals surface area (Å²) in [6.07, 6.45) is 1.62. The van der Waals surface area contributed by atoms with Crippen LogP contribution in [0.2, 0.25) is 0 Å². The van der Waals surface area contributed by atoms with Crippen LogP contribution in [0, 0.1) is 0 Å². The fraction of sp³-hybridized carbons (Fsp3) is 0.455. The number of methoxy groups -OCH3 is 1. The molecule has 1 aromatic carbocycles. The minimum absolute atomic E-state index is 0.0832. The third-order valence-corrected chi connectivity index (χ3v) is 3.47. The third kappa shape index (κ3) is 4.33. The average molecular weight is 258 g/mol. The summed E-state index contributed by atoms with van der Waals surface area (Å²) in [4.78, 5) is 0. The van der Waals surface area contributed by atoms with Gasteiger partial charge in [-0.1, -0.05) is 18.2 Å². The van der Waals surface area contributed by atoms with Gasteiger partial charge in [-0.25, -0.2) is 8.42 Å². The minimum atomic E-state index is -2.99. The number of rotatable bonds is 6. The van der Waals surface area contributed by atoms with E-state index in [0.29, 0.717) is 12.2 Å². The molecule has 0 aromatic heterocycles. The van der Waals surface area contributed by atoms with Crippen LogP contribution in [-0.4, -0.2) is 27.5 Å². The molecule has 0 heterocycles. The van der Waals surface area contributed by atoms with Gasteiger partial charge in [-0.15, -0.1) is 0 Å². The van der Waals surface area contributed by atoms with Gasteiger partial charge in [0.05, 0.1) is 18.9 Å². The molecule has 0 aliphatic carbocycles. The summed E-state index contributed by atoms with van der Waals surface area (Å²) in [5.74, 6) is 6.24. The zero-order valence-corrected chi connectivity index (χ0v) is 10.8. The van der Waals surface area contributed by atoms with Gasteiger partial charge >= 0.3 is 0 Å². The smallest absolute Gasteiger partial charge is 0.147 e. The molecule has 17 heavy (non-hydrogen) atoms. The van der Waals surface area contributed by atoms with Gasteiger partial charge in [-0.05, 0) is 12.5 Å². The predicted molar refractivity (Wildman–Crippen MR) is 67.4 cm³/mol. The number of hydrogen-bond acceptors (Lipinski definition) is 5. The summed E-state index contributed by atoms with van der Waals surface area (Å²) in [7, 11) is -1.42. The summed E-state index contributed by atoms with van der Waals surface area (Å²) in [6, 6.07) is 7.17. The summed E-state index contributed by atoms with van der Waals surface area (Å²) < 4.78 is 27.5. The maximum atomic E-state index is 11.1. The Morgan fingerprint density at radius 2 is 2.06 bits per heavy atom. The molecule has 1 atom stereocenters. The van der Waals surface area contributed by atoms with Crippen LogP contribution in [0.3, 0.4) is 0 Å². The van der Waals surface area contributed by atoms with Crippen LogP contribution in [-0.2, 0) is 9.84 Å². The number of nitrogens with one attached hydrogen (secondary N) is 1. The quantitative estimate of drug-likeness (QED) is 0.578. The second kappa shape index (κ2) is 6.00. The molecule has 0 amide bonds. The molecule has 5 nitrogen and oxygen atoms in total. The third-order valence-electron chi connectivity index (χ3n) is 2.49. The lowest BCUT2D eigenvalue weighted by Crippen LogP contribution is -2.29. The van der Waals surface area contributed by atoms with Gasteiger partial charge in [0, 0.05) is 11.8 Å². The molecule has 1 unspecified atom stereocenters.